The molecule has 0 N–H and O–H groups in total. The molecule has 0 aliphatic heterocycles. The second-order valence-electron chi connectivity index (χ2n) is 5.81. The highest BCUT2D eigenvalue weighted by Gasteiger charge is 2.17. The summed E-state index contributed by atoms with van der Waals surface area (Å²) in [6.07, 6.45) is 0. The summed E-state index contributed by atoms with van der Waals surface area (Å²) < 4.78 is 5.27. The number of carbonyl (C=O) groups excluding carboxylic acids is 1. The normalized spacial score (nSPS) is 10.8. The van der Waals surface area contributed by atoms with Crippen LogP contribution in [0.15, 0.2) is 46.3 Å². The summed E-state index contributed by atoms with van der Waals surface area (Å²) in [6.45, 7) is 2.70. The van der Waals surface area contributed by atoms with Crippen LogP contribution in [-0.2, 0) is 17.1 Å². The van der Waals surface area contributed by atoms with Crippen molar-refractivity contribution in [2.24, 2.45) is 0 Å². The van der Waals surface area contributed by atoms with E-state index in [2.05, 4.69) is 10.1 Å². The Morgan fingerprint density at radius 2 is 2.11 bits per heavy atom. The Balaban J connectivity index is 1.50. The topological polar surface area (TPSA) is 102 Å². The molecule has 3 rings (SSSR count). The molecule has 8 nitrogen and oxygen atoms in total. The number of carbonyl (C=O) groups is 1. The number of thiophene rings is 1. The third-order valence-corrected chi connectivity index (χ3v) is 5.77. The van der Waals surface area contributed by atoms with E-state index in [1.165, 1.54) is 35.2 Å². The van der Waals surface area contributed by atoms with Crippen molar-refractivity contribution >= 4 is 34.7 Å². The molecule has 28 heavy (non-hydrogen) atoms. The molecule has 0 spiro atoms. The average molecular weight is 419 g/mol. The van der Waals surface area contributed by atoms with E-state index in [9.17, 15) is 14.9 Å². The lowest BCUT2D eigenvalue weighted by Gasteiger charge is -2.18. The maximum atomic E-state index is 12.5. The molecule has 0 radical (unpaired) electrons. The van der Waals surface area contributed by atoms with Crippen molar-refractivity contribution in [3.63, 3.8) is 0 Å². The van der Waals surface area contributed by atoms with Crippen LogP contribution in [0.25, 0.3) is 10.7 Å². The molecule has 0 aliphatic rings. The minimum Gasteiger partial charge on any atom is -0.337 e. The molecular formula is C18H18N4O4S2. The summed E-state index contributed by atoms with van der Waals surface area (Å²) >= 11 is 2.99. The maximum Gasteiger partial charge on any atom is 0.269 e. The highest BCUT2D eigenvalue weighted by molar-refractivity contribution is 7.99. The summed E-state index contributed by atoms with van der Waals surface area (Å²) in [4.78, 5) is 29.7. The van der Waals surface area contributed by atoms with Gasteiger partial charge in [0.15, 0.2) is 0 Å². The number of rotatable bonds is 9. The zero-order chi connectivity index (χ0) is 19.9. The highest BCUT2D eigenvalue weighted by atomic mass is 32.2. The Labute approximate surface area is 169 Å². The fourth-order valence-corrected chi connectivity index (χ4v) is 3.96. The van der Waals surface area contributed by atoms with Gasteiger partial charge in [0.2, 0.25) is 17.6 Å². The lowest BCUT2D eigenvalue weighted by molar-refractivity contribution is -0.384. The zero-order valence-corrected chi connectivity index (χ0v) is 16.7. The molecule has 1 aromatic carbocycles. The van der Waals surface area contributed by atoms with E-state index in [1.807, 2.05) is 24.4 Å². The number of thioether (sulfide) groups is 1. The van der Waals surface area contributed by atoms with E-state index in [-0.39, 0.29) is 18.1 Å². The first-order valence-corrected chi connectivity index (χ1v) is 10.6. The van der Waals surface area contributed by atoms with Crippen molar-refractivity contribution < 1.29 is 14.2 Å². The van der Waals surface area contributed by atoms with Crippen molar-refractivity contribution in [3.05, 3.63) is 63.3 Å². The van der Waals surface area contributed by atoms with Crippen molar-refractivity contribution in [2.45, 2.75) is 19.2 Å². The van der Waals surface area contributed by atoms with E-state index in [1.54, 1.807) is 17.0 Å². The fourth-order valence-electron chi connectivity index (χ4n) is 2.43. The van der Waals surface area contributed by atoms with Crippen LogP contribution in [0.3, 0.4) is 0 Å². The van der Waals surface area contributed by atoms with Crippen molar-refractivity contribution in [1.82, 2.24) is 15.0 Å². The fraction of sp³-hybridized carbons (Fsp3) is 0.278. The van der Waals surface area contributed by atoms with Gasteiger partial charge in [-0.3, -0.25) is 14.9 Å². The molecule has 1 amide bonds. The molecule has 2 heterocycles. The largest absolute Gasteiger partial charge is 0.337 e. The van der Waals surface area contributed by atoms with Gasteiger partial charge in [0, 0.05) is 24.4 Å². The predicted molar refractivity (Wildman–Crippen MR) is 108 cm³/mol. The summed E-state index contributed by atoms with van der Waals surface area (Å²) in [5.41, 5.74) is 0.993. The Kier molecular flexibility index (Phi) is 6.77. The first kappa shape index (κ1) is 20.0. The smallest absolute Gasteiger partial charge is 0.269 e. The minimum atomic E-state index is -0.430. The summed E-state index contributed by atoms with van der Waals surface area (Å²) in [5.74, 6) is 1.81. The van der Waals surface area contributed by atoms with E-state index in [0.29, 0.717) is 29.8 Å². The van der Waals surface area contributed by atoms with Crippen LogP contribution >= 0.6 is 23.1 Å². The van der Waals surface area contributed by atoms with Gasteiger partial charge in [0.05, 0.1) is 22.1 Å². The Morgan fingerprint density at radius 3 is 2.75 bits per heavy atom. The number of nitrogens with zero attached hydrogens (tertiary/aromatic N) is 4. The van der Waals surface area contributed by atoms with Crippen LogP contribution in [0.2, 0.25) is 0 Å². The molecule has 0 unspecified atom stereocenters. The Hall–Kier alpha value is -2.72. The average Bonchev–Trinajstić information content (AvgIpc) is 3.38. The van der Waals surface area contributed by atoms with Gasteiger partial charge in [-0.05, 0) is 23.9 Å². The summed E-state index contributed by atoms with van der Waals surface area (Å²) in [7, 11) is 0. The lowest BCUT2D eigenvalue weighted by atomic mass is 10.2. The zero-order valence-electron chi connectivity index (χ0n) is 15.1. The van der Waals surface area contributed by atoms with Crippen molar-refractivity contribution in [2.75, 3.05) is 12.3 Å². The first-order chi connectivity index (χ1) is 13.6. The number of non-ortho nitro benzene ring substituents is 1. The van der Waals surface area contributed by atoms with Crippen LogP contribution in [0.4, 0.5) is 5.69 Å². The van der Waals surface area contributed by atoms with Gasteiger partial charge >= 0.3 is 0 Å². The van der Waals surface area contributed by atoms with Crippen molar-refractivity contribution in [1.29, 1.82) is 0 Å². The van der Waals surface area contributed by atoms with Gasteiger partial charge in [0.25, 0.3) is 5.69 Å². The molecule has 146 valence electrons. The first-order valence-electron chi connectivity index (χ1n) is 8.52. The van der Waals surface area contributed by atoms with Gasteiger partial charge in [-0.25, -0.2) is 0 Å². The van der Waals surface area contributed by atoms with Crippen LogP contribution < -0.4 is 0 Å². The number of hydrogen-bond acceptors (Lipinski definition) is 8. The molecule has 0 saturated carbocycles. The molecule has 0 atom stereocenters. The number of amides is 1. The molecular weight excluding hydrogens is 400 g/mol. The summed E-state index contributed by atoms with van der Waals surface area (Å²) in [6, 6.07) is 10.2. The number of nitro benzene ring substituents is 1. The maximum absolute atomic E-state index is 12.5. The van der Waals surface area contributed by atoms with Crippen LogP contribution in [0.1, 0.15) is 18.4 Å². The third kappa shape index (κ3) is 5.17. The summed E-state index contributed by atoms with van der Waals surface area (Å²) in [5, 5.41) is 16.6. The van der Waals surface area contributed by atoms with E-state index < -0.39 is 4.92 Å². The molecule has 0 saturated heterocycles. The third-order valence-electron chi connectivity index (χ3n) is 3.91. The van der Waals surface area contributed by atoms with Crippen LogP contribution in [0, 0.1) is 10.1 Å². The van der Waals surface area contributed by atoms with Crippen LogP contribution in [0.5, 0.6) is 0 Å². The SMILES string of the molecule is CCN(Cc1nc(-c2cccs2)no1)C(=O)CSCc1ccc([N+](=O)[O-])cc1. The molecule has 0 aliphatic carbocycles. The molecule has 0 fully saturated rings. The molecule has 0 bridgehead atoms. The second-order valence-corrected chi connectivity index (χ2v) is 7.75. The second kappa shape index (κ2) is 9.47. The van der Waals surface area contributed by atoms with Gasteiger partial charge in [0.1, 0.15) is 0 Å². The monoisotopic (exact) mass is 418 g/mol. The molecule has 10 heteroatoms. The van der Waals surface area contributed by atoms with Gasteiger partial charge in [-0.1, -0.05) is 23.4 Å². The standard InChI is InChI=1S/C18H18N4O4S2/c1-2-21(10-16-19-18(20-26-16)15-4-3-9-28-15)17(23)12-27-11-13-5-7-14(8-6-13)22(24)25/h3-9H,2,10-12H2,1H3. The van der Waals surface area contributed by atoms with Crippen LogP contribution in [-0.4, -0.2) is 38.2 Å². The van der Waals surface area contributed by atoms with Gasteiger partial charge in [-0.15, -0.1) is 23.1 Å². The molecule has 3 aromatic rings. The highest BCUT2D eigenvalue weighted by Crippen LogP contribution is 2.22. The molecule has 2 aromatic heterocycles. The predicted octanol–water partition coefficient (Wildman–Crippen LogP) is 3.99. The number of benzene rings is 1. The van der Waals surface area contributed by atoms with Crippen molar-refractivity contribution in [3.8, 4) is 10.7 Å². The number of hydrogen-bond donors (Lipinski definition) is 0. The quantitative estimate of drug-likeness (QED) is 0.382. The van der Waals surface area contributed by atoms with E-state index >= 15 is 0 Å². The number of nitro groups is 1. The van der Waals surface area contributed by atoms with E-state index in [4.69, 9.17) is 4.52 Å². The lowest BCUT2D eigenvalue weighted by Crippen LogP contribution is -2.31. The van der Waals surface area contributed by atoms with Gasteiger partial charge < -0.3 is 9.42 Å². The number of aromatic nitrogens is 2. The van der Waals surface area contributed by atoms with E-state index in [0.717, 1.165) is 10.4 Å². The van der Waals surface area contributed by atoms with Gasteiger partial charge in [-0.2, -0.15) is 4.98 Å². The minimum absolute atomic E-state index is 0.0229. The Morgan fingerprint density at radius 1 is 1.32 bits per heavy atom. The Bertz CT molecular complexity index is 925.